The molecular formula is C26H39N3O7. The summed E-state index contributed by atoms with van der Waals surface area (Å²) in [6.07, 6.45) is 2.90. The van der Waals surface area contributed by atoms with Gasteiger partial charge in [0.15, 0.2) is 0 Å². The fourth-order valence-electron chi connectivity index (χ4n) is 3.54. The Kier molecular flexibility index (Phi) is 14.5. The van der Waals surface area contributed by atoms with E-state index in [1.165, 1.54) is 7.11 Å². The lowest BCUT2D eigenvalue weighted by molar-refractivity contribution is -0.142. The summed E-state index contributed by atoms with van der Waals surface area (Å²) in [4.78, 5) is 59.9. The van der Waals surface area contributed by atoms with Crippen LogP contribution >= 0.6 is 0 Å². The Morgan fingerprint density at radius 3 is 2.08 bits per heavy atom. The van der Waals surface area contributed by atoms with Crippen molar-refractivity contribution < 1.29 is 33.8 Å². The normalized spacial score (nSPS) is 12.3. The maximum atomic E-state index is 12.8. The third-order valence-electron chi connectivity index (χ3n) is 5.44. The number of rotatable bonds is 17. The van der Waals surface area contributed by atoms with Crippen molar-refractivity contribution >= 4 is 29.7 Å². The van der Waals surface area contributed by atoms with Crippen molar-refractivity contribution in [3.63, 3.8) is 0 Å². The van der Waals surface area contributed by atoms with Crippen LogP contribution in [0.25, 0.3) is 0 Å². The number of carbonyl (C=O) groups excluding carboxylic acids is 4. The number of nitrogens with one attached hydrogen (secondary N) is 3. The molecule has 2 atom stereocenters. The number of carbonyl (C=O) groups is 5. The van der Waals surface area contributed by atoms with E-state index in [4.69, 9.17) is 0 Å². The van der Waals surface area contributed by atoms with Crippen molar-refractivity contribution in [2.45, 2.75) is 77.3 Å². The van der Waals surface area contributed by atoms with E-state index < -0.39 is 29.9 Å². The Labute approximate surface area is 212 Å². The van der Waals surface area contributed by atoms with Gasteiger partial charge in [-0.3, -0.25) is 19.2 Å². The van der Waals surface area contributed by atoms with Gasteiger partial charge in [-0.1, -0.05) is 50.6 Å². The quantitative estimate of drug-likeness (QED) is 0.187. The molecule has 0 bridgehead atoms. The van der Waals surface area contributed by atoms with Gasteiger partial charge in [0.25, 0.3) is 0 Å². The molecule has 0 saturated heterocycles. The molecule has 0 aliphatic carbocycles. The standard InChI is InChI=1S/C26H39N3O7/c1-18(2)16-21(26(34)35)29-23(31)14-15-27-25(33)20(17-19-10-6-4-7-11-19)28-22(30)12-8-5-9-13-24(32)36-3/h4,6-7,10-11,18,20-21H,5,8-9,12-17H2,1-3H3,(H,27,33)(H,28,30)(H,29,31)(H,34,35)/t20-,21-/m0/s1. The number of methoxy groups -OCH3 is 1. The topological polar surface area (TPSA) is 151 Å². The summed E-state index contributed by atoms with van der Waals surface area (Å²) < 4.78 is 4.59. The van der Waals surface area contributed by atoms with Gasteiger partial charge in [0.05, 0.1) is 7.11 Å². The molecule has 3 amide bonds. The van der Waals surface area contributed by atoms with Crippen LogP contribution in [0, 0.1) is 5.92 Å². The van der Waals surface area contributed by atoms with Crippen molar-refractivity contribution in [1.29, 1.82) is 0 Å². The number of amides is 3. The predicted molar refractivity (Wildman–Crippen MR) is 134 cm³/mol. The summed E-state index contributed by atoms with van der Waals surface area (Å²) >= 11 is 0. The molecule has 36 heavy (non-hydrogen) atoms. The zero-order chi connectivity index (χ0) is 26.9. The molecule has 0 aliphatic rings. The average molecular weight is 506 g/mol. The van der Waals surface area contributed by atoms with E-state index in [0.717, 1.165) is 5.56 Å². The second-order valence-corrected chi connectivity index (χ2v) is 9.08. The molecular weight excluding hydrogens is 466 g/mol. The lowest BCUT2D eigenvalue weighted by Gasteiger charge is -2.19. The van der Waals surface area contributed by atoms with E-state index >= 15 is 0 Å². The molecule has 10 nitrogen and oxygen atoms in total. The van der Waals surface area contributed by atoms with Crippen LogP contribution in [0.15, 0.2) is 30.3 Å². The van der Waals surface area contributed by atoms with Crippen LogP contribution in [0.4, 0.5) is 0 Å². The lowest BCUT2D eigenvalue weighted by Crippen LogP contribution is -2.49. The third kappa shape index (κ3) is 13.5. The lowest BCUT2D eigenvalue weighted by atomic mass is 10.0. The molecule has 1 aromatic carbocycles. The van der Waals surface area contributed by atoms with Crippen LogP contribution in [0.2, 0.25) is 0 Å². The van der Waals surface area contributed by atoms with Crippen molar-refractivity contribution in [1.82, 2.24) is 16.0 Å². The summed E-state index contributed by atoms with van der Waals surface area (Å²) in [7, 11) is 1.33. The minimum absolute atomic E-state index is 0.00731. The van der Waals surface area contributed by atoms with Gasteiger partial charge in [0.1, 0.15) is 12.1 Å². The van der Waals surface area contributed by atoms with Gasteiger partial charge in [0.2, 0.25) is 17.7 Å². The van der Waals surface area contributed by atoms with Crippen molar-refractivity contribution in [3.8, 4) is 0 Å². The fraction of sp³-hybridized carbons (Fsp3) is 0.577. The van der Waals surface area contributed by atoms with E-state index in [0.29, 0.717) is 32.1 Å². The van der Waals surface area contributed by atoms with Crippen molar-refractivity contribution in [2.75, 3.05) is 13.7 Å². The molecule has 0 unspecified atom stereocenters. The van der Waals surface area contributed by atoms with Crippen LogP contribution in [-0.4, -0.2) is 60.5 Å². The molecule has 4 N–H and O–H groups in total. The van der Waals surface area contributed by atoms with Crippen LogP contribution in [0.1, 0.15) is 64.4 Å². The highest BCUT2D eigenvalue weighted by atomic mass is 16.5. The van der Waals surface area contributed by atoms with E-state index in [1.54, 1.807) is 0 Å². The molecule has 0 saturated carbocycles. The van der Waals surface area contributed by atoms with E-state index in [-0.39, 0.29) is 43.6 Å². The van der Waals surface area contributed by atoms with Gasteiger partial charge in [-0.2, -0.15) is 0 Å². The van der Waals surface area contributed by atoms with Crippen LogP contribution in [-0.2, 0) is 35.1 Å². The number of hydrogen-bond acceptors (Lipinski definition) is 6. The highest BCUT2D eigenvalue weighted by Gasteiger charge is 2.23. The van der Waals surface area contributed by atoms with Gasteiger partial charge in [0, 0.05) is 32.2 Å². The number of aliphatic carboxylic acids is 1. The Morgan fingerprint density at radius 2 is 1.47 bits per heavy atom. The van der Waals surface area contributed by atoms with E-state index in [2.05, 4.69) is 20.7 Å². The highest BCUT2D eigenvalue weighted by molar-refractivity contribution is 5.88. The number of carboxylic acid groups (broad SMARTS) is 1. The Hall–Kier alpha value is -3.43. The zero-order valence-corrected chi connectivity index (χ0v) is 21.4. The molecule has 200 valence electrons. The first-order valence-corrected chi connectivity index (χ1v) is 12.3. The zero-order valence-electron chi connectivity index (χ0n) is 21.4. The van der Waals surface area contributed by atoms with Crippen LogP contribution in [0.3, 0.4) is 0 Å². The van der Waals surface area contributed by atoms with E-state index in [9.17, 15) is 29.1 Å². The first-order chi connectivity index (χ1) is 17.1. The summed E-state index contributed by atoms with van der Waals surface area (Å²) in [5, 5.41) is 17.2. The second kappa shape index (κ2) is 17.1. The van der Waals surface area contributed by atoms with Crippen molar-refractivity contribution in [3.05, 3.63) is 35.9 Å². The largest absolute Gasteiger partial charge is 0.480 e. The first kappa shape index (κ1) is 30.6. The smallest absolute Gasteiger partial charge is 0.326 e. The number of carboxylic acids is 1. The molecule has 0 aromatic heterocycles. The van der Waals surface area contributed by atoms with Gasteiger partial charge in [-0.15, -0.1) is 0 Å². The van der Waals surface area contributed by atoms with Gasteiger partial charge in [-0.25, -0.2) is 4.79 Å². The Morgan fingerprint density at radius 1 is 0.861 bits per heavy atom. The molecule has 1 rings (SSSR count). The number of ether oxygens (including phenoxy) is 1. The predicted octanol–water partition coefficient (Wildman–Crippen LogP) is 1.96. The van der Waals surface area contributed by atoms with Crippen LogP contribution in [0.5, 0.6) is 0 Å². The third-order valence-corrected chi connectivity index (χ3v) is 5.44. The number of hydrogen-bond donors (Lipinski definition) is 4. The molecule has 10 heteroatoms. The number of benzene rings is 1. The molecule has 1 aromatic rings. The van der Waals surface area contributed by atoms with Crippen molar-refractivity contribution in [2.24, 2.45) is 5.92 Å². The minimum Gasteiger partial charge on any atom is -0.480 e. The molecule has 0 heterocycles. The SMILES string of the molecule is COC(=O)CCCCCC(=O)N[C@@H](Cc1ccccc1)C(=O)NCCC(=O)N[C@@H](CC(C)C)C(=O)O. The summed E-state index contributed by atoms with van der Waals surface area (Å²) in [5.41, 5.74) is 0.867. The molecule has 0 radical (unpaired) electrons. The molecule has 0 fully saturated rings. The monoisotopic (exact) mass is 505 g/mol. The highest BCUT2D eigenvalue weighted by Crippen LogP contribution is 2.08. The Balaban J connectivity index is 2.58. The minimum atomic E-state index is -1.10. The molecule has 0 spiro atoms. The first-order valence-electron chi connectivity index (χ1n) is 12.3. The molecule has 0 aliphatic heterocycles. The summed E-state index contributed by atoms with van der Waals surface area (Å²) in [5.74, 6) is -2.47. The van der Waals surface area contributed by atoms with Gasteiger partial charge in [-0.05, 0) is 30.7 Å². The number of unbranched alkanes of at least 4 members (excludes halogenated alkanes) is 2. The number of esters is 1. The maximum Gasteiger partial charge on any atom is 0.326 e. The van der Waals surface area contributed by atoms with Gasteiger partial charge >= 0.3 is 11.9 Å². The van der Waals surface area contributed by atoms with E-state index in [1.807, 2.05) is 44.2 Å². The fourth-order valence-corrected chi connectivity index (χ4v) is 3.54. The van der Waals surface area contributed by atoms with Gasteiger partial charge < -0.3 is 25.8 Å². The maximum absolute atomic E-state index is 12.8. The van der Waals surface area contributed by atoms with Crippen LogP contribution < -0.4 is 16.0 Å². The summed E-state index contributed by atoms with van der Waals surface area (Å²) in [6, 6.07) is 7.44. The summed E-state index contributed by atoms with van der Waals surface area (Å²) in [6.45, 7) is 3.74. The Bertz CT molecular complexity index is 858. The second-order valence-electron chi connectivity index (χ2n) is 9.08. The average Bonchev–Trinajstić information content (AvgIpc) is 2.83.